The van der Waals surface area contributed by atoms with Crippen molar-refractivity contribution in [1.82, 2.24) is 21.5 Å². The Bertz CT molecular complexity index is 562. The summed E-state index contributed by atoms with van der Waals surface area (Å²) in [7, 11) is 1.58. The smallest absolute Gasteiger partial charge is 0.251 e. The molecule has 7 nitrogen and oxygen atoms in total. The van der Waals surface area contributed by atoms with Gasteiger partial charge in [0.05, 0.1) is 7.11 Å². The van der Waals surface area contributed by atoms with E-state index in [1.165, 1.54) is 0 Å². The van der Waals surface area contributed by atoms with E-state index in [2.05, 4.69) is 28.4 Å². The second kappa shape index (κ2) is 10.0. The van der Waals surface area contributed by atoms with E-state index < -0.39 is 0 Å². The Balaban J connectivity index is 1.56. The fourth-order valence-corrected chi connectivity index (χ4v) is 2.81. The van der Waals surface area contributed by atoms with Crippen molar-refractivity contribution in [3.8, 4) is 5.75 Å². The average Bonchev–Trinajstić information content (AvgIpc) is 3.03. The number of methoxy groups -OCH3 is 1. The minimum absolute atomic E-state index is 0.0363. The third-order valence-electron chi connectivity index (χ3n) is 4.46. The van der Waals surface area contributed by atoms with E-state index in [0.29, 0.717) is 36.4 Å². The lowest BCUT2D eigenvalue weighted by atomic mass is 9.98. The van der Waals surface area contributed by atoms with Crippen molar-refractivity contribution in [1.29, 1.82) is 0 Å². The van der Waals surface area contributed by atoms with Crippen molar-refractivity contribution in [3.05, 3.63) is 29.8 Å². The van der Waals surface area contributed by atoms with Crippen molar-refractivity contribution in [3.63, 3.8) is 0 Å². The van der Waals surface area contributed by atoms with Crippen LogP contribution in [-0.2, 0) is 4.79 Å². The molecule has 0 aromatic heterocycles. The molecule has 1 saturated heterocycles. The van der Waals surface area contributed by atoms with Crippen LogP contribution in [0.5, 0.6) is 5.75 Å². The van der Waals surface area contributed by atoms with Crippen molar-refractivity contribution in [2.24, 2.45) is 5.92 Å². The molecule has 1 aromatic carbocycles. The summed E-state index contributed by atoms with van der Waals surface area (Å²) in [6.07, 6.45) is 2.32. The van der Waals surface area contributed by atoms with Crippen LogP contribution >= 0.6 is 0 Å². The largest absolute Gasteiger partial charge is 0.497 e. The minimum Gasteiger partial charge on any atom is -0.497 e. The van der Waals surface area contributed by atoms with E-state index in [0.717, 1.165) is 19.4 Å². The van der Waals surface area contributed by atoms with E-state index >= 15 is 0 Å². The van der Waals surface area contributed by atoms with E-state index in [9.17, 15) is 9.59 Å². The van der Waals surface area contributed by atoms with Gasteiger partial charge in [-0.3, -0.25) is 20.4 Å². The molecular formula is C18H28N4O3. The predicted molar refractivity (Wildman–Crippen MR) is 96.3 cm³/mol. The molecule has 0 radical (unpaired) electrons. The zero-order valence-corrected chi connectivity index (χ0v) is 14.9. The molecule has 2 rings (SSSR count). The summed E-state index contributed by atoms with van der Waals surface area (Å²) < 4.78 is 5.05. The van der Waals surface area contributed by atoms with Gasteiger partial charge in [0.15, 0.2) is 0 Å². The molecule has 4 N–H and O–H groups in total. The van der Waals surface area contributed by atoms with Crippen LogP contribution in [0.1, 0.15) is 36.5 Å². The van der Waals surface area contributed by atoms with Gasteiger partial charge in [-0.2, -0.15) is 0 Å². The van der Waals surface area contributed by atoms with Crippen molar-refractivity contribution < 1.29 is 14.3 Å². The number of hydrogen-bond donors (Lipinski definition) is 4. The van der Waals surface area contributed by atoms with Gasteiger partial charge in [-0.05, 0) is 49.9 Å². The third-order valence-corrected chi connectivity index (χ3v) is 4.46. The van der Waals surface area contributed by atoms with Crippen molar-refractivity contribution in [2.75, 3.05) is 26.7 Å². The maximum Gasteiger partial charge on any atom is 0.251 e. The van der Waals surface area contributed by atoms with Gasteiger partial charge in [-0.15, -0.1) is 0 Å². The van der Waals surface area contributed by atoms with Crippen LogP contribution < -0.4 is 26.2 Å². The number of hydrogen-bond acceptors (Lipinski definition) is 5. The number of carbonyl (C=O) groups excluding carboxylic acids is 2. The Kier molecular flexibility index (Phi) is 7.69. The fraction of sp³-hybridized carbons (Fsp3) is 0.556. The summed E-state index contributed by atoms with van der Waals surface area (Å²) >= 11 is 0. The predicted octanol–water partition coefficient (Wildman–Crippen LogP) is 0.824. The first-order valence-corrected chi connectivity index (χ1v) is 8.77. The van der Waals surface area contributed by atoms with Gasteiger partial charge in [-0.1, -0.05) is 0 Å². The van der Waals surface area contributed by atoms with Gasteiger partial charge in [0.2, 0.25) is 5.91 Å². The van der Waals surface area contributed by atoms with Crippen LogP contribution in [0.15, 0.2) is 24.3 Å². The Morgan fingerprint density at radius 3 is 2.60 bits per heavy atom. The molecule has 1 aromatic rings. The molecule has 2 amide bonds. The van der Waals surface area contributed by atoms with Gasteiger partial charge >= 0.3 is 0 Å². The maximum absolute atomic E-state index is 12.0. The van der Waals surface area contributed by atoms with Gasteiger partial charge in [0.1, 0.15) is 5.75 Å². The lowest BCUT2D eigenvalue weighted by molar-refractivity contribution is -0.120. The summed E-state index contributed by atoms with van der Waals surface area (Å²) in [4.78, 5) is 23.8. The average molecular weight is 348 g/mol. The summed E-state index contributed by atoms with van der Waals surface area (Å²) in [5.74, 6) is 1.09. The first kappa shape index (κ1) is 19.2. The van der Waals surface area contributed by atoms with Gasteiger partial charge in [0, 0.05) is 37.7 Å². The van der Waals surface area contributed by atoms with E-state index in [4.69, 9.17) is 4.74 Å². The highest BCUT2D eigenvalue weighted by atomic mass is 16.5. The van der Waals surface area contributed by atoms with Crippen LogP contribution in [0.25, 0.3) is 0 Å². The van der Waals surface area contributed by atoms with Crippen LogP contribution in [0.4, 0.5) is 0 Å². The molecule has 1 heterocycles. The molecular weight excluding hydrogens is 320 g/mol. The SMILES string of the molecule is COc1ccc(C(=O)NCCC(=O)NCCCC2CNNC2C)cc1. The molecule has 1 aliphatic rings. The number of benzene rings is 1. The summed E-state index contributed by atoms with van der Waals surface area (Å²) in [5.41, 5.74) is 6.89. The first-order valence-electron chi connectivity index (χ1n) is 8.77. The minimum atomic E-state index is -0.189. The standard InChI is InChI=1S/C18H28N4O3/c1-13-15(12-21-22-13)4-3-10-19-17(23)9-11-20-18(24)14-5-7-16(25-2)8-6-14/h5-8,13,15,21-22H,3-4,9-12H2,1-2H3,(H,19,23)(H,20,24). The lowest BCUT2D eigenvalue weighted by Crippen LogP contribution is -2.31. The van der Waals surface area contributed by atoms with Gasteiger partial charge in [-0.25, -0.2) is 0 Å². The molecule has 0 spiro atoms. The van der Waals surface area contributed by atoms with Crippen LogP contribution in [0.3, 0.4) is 0 Å². The third kappa shape index (κ3) is 6.36. The fourth-order valence-electron chi connectivity index (χ4n) is 2.81. The molecule has 138 valence electrons. The Hall–Kier alpha value is -2.12. The van der Waals surface area contributed by atoms with E-state index in [-0.39, 0.29) is 18.2 Å². The molecule has 25 heavy (non-hydrogen) atoms. The molecule has 7 heteroatoms. The number of ether oxygens (including phenoxy) is 1. The molecule has 2 unspecified atom stereocenters. The zero-order chi connectivity index (χ0) is 18.1. The van der Waals surface area contributed by atoms with Gasteiger partial charge < -0.3 is 15.4 Å². The Labute approximate surface area is 148 Å². The van der Waals surface area contributed by atoms with Crippen LogP contribution in [0.2, 0.25) is 0 Å². The zero-order valence-electron chi connectivity index (χ0n) is 14.9. The van der Waals surface area contributed by atoms with Gasteiger partial charge in [0.25, 0.3) is 5.91 Å². The summed E-state index contributed by atoms with van der Waals surface area (Å²) in [5, 5.41) is 5.65. The topological polar surface area (TPSA) is 91.5 Å². The van der Waals surface area contributed by atoms with Crippen LogP contribution in [-0.4, -0.2) is 44.6 Å². The maximum atomic E-state index is 12.0. The highest BCUT2D eigenvalue weighted by Crippen LogP contribution is 2.13. The Morgan fingerprint density at radius 1 is 1.20 bits per heavy atom. The van der Waals surface area contributed by atoms with Crippen LogP contribution in [0, 0.1) is 5.92 Å². The molecule has 1 aliphatic heterocycles. The summed E-state index contributed by atoms with van der Waals surface area (Å²) in [6, 6.07) is 7.34. The second-order valence-corrected chi connectivity index (χ2v) is 6.30. The normalized spacial score (nSPS) is 19.4. The number of nitrogens with one attached hydrogen (secondary N) is 4. The number of amides is 2. The highest BCUT2D eigenvalue weighted by molar-refractivity contribution is 5.94. The van der Waals surface area contributed by atoms with Crippen molar-refractivity contribution in [2.45, 2.75) is 32.2 Å². The molecule has 0 bridgehead atoms. The second-order valence-electron chi connectivity index (χ2n) is 6.30. The monoisotopic (exact) mass is 348 g/mol. The molecule has 2 atom stereocenters. The highest BCUT2D eigenvalue weighted by Gasteiger charge is 2.21. The molecule has 0 aliphatic carbocycles. The number of rotatable bonds is 9. The molecule has 1 fully saturated rings. The quantitative estimate of drug-likeness (QED) is 0.496. The number of carbonyl (C=O) groups is 2. The summed E-state index contributed by atoms with van der Waals surface area (Å²) in [6.45, 7) is 4.14. The molecule has 0 saturated carbocycles. The lowest BCUT2D eigenvalue weighted by Gasteiger charge is -2.13. The first-order chi connectivity index (χ1) is 12.1. The van der Waals surface area contributed by atoms with E-state index in [1.54, 1.807) is 31.4 Å². The number of hydrazine groups is 1. The Morgan fingerprint density at radius 2 is 1.96 bits per heavy atom. The van der Waals surface area contributed by atoms with Crippen molar-refractivity contribution >= 4 is 11.8 Å². The van der Waals surface area contributed by atoms with E-state index in [1.807, 2.05) is 0 Å².